The van der Waals surface area contributed by atoms with Gasteiger partial charge < -0.3 is 5.11 Å². The van der Waals surface area contributed by atoms with Crippen LogP contribution in [0.15, 0.2) is 48.5 Å². The van der Waals surface area contributed by atoms with Crippen molar-refractivity contribution in [2.75, 3.05) is 7.11 Å². The van der Waals surface area contributed by atoms with E-state index in [-0.39, 0.29) is 0 Å². The lowest BCUT2D eigenvalue weighted by atomic mass is 9.86. The highest BCUT2D eigenvalue weighted by Crippen LogP contribution is 2.26. The molecule has 0 radical (unpaired) electrons. The summed E-state index contributed by atoms with van der Waals surface area (Å²) in [6, 6.07) is 17.5. The second-order valence-electron chi connectivity index (χ2n) is 3.89. The van der Waals surface area contributed by atoms with Crippen LogP contribution >= 0.6 is 0 Å². The normalized spacial score (nSPS) is 11.6. The maximum absolute atomic E-state index is 7.00. The fourth-order valence-electron chi connectivity index (χ4n) is 2.22. The highest BCUT2D eigenvalue weighted by molar-refractivity contribution is 5.44. The molecule has 0 aliphatic heterocycles. The van der Waals surface area contributed by atoms with E-state index in [1.165, 1.54) is 29.7 Å². The molecule has 1 nitrogen and oxygen atoms in total. The number of aliphatic hydroxyl groups is 1. The van der Waals surface area contributed by atoms with Gasteiger partial charge in [0, 0.05) is 8.48 Å². The lowest BCUT2D eigenvalue weighted by molar-refractivity contribution is 0.399. The molecule has 0 unspecified atom stereocenters. The SMILES string of the molecule is CO.[2H]C.c1ccc2c(c1)Cc1ccccc1C2. The minimum atomic E-state index is 1.00. The summed E-state index contributed by atoms with van der Waals surface area (Å²) in [5.41, 5.74) is 5.97. The van der Waals surface area contributed by atoms with E-state index in [1.807, 2.05) is 0 Å². The topological polar surface area (TPSA) is 20.2 Å². The smallest absolute Gasteiger partial charge is 0.0319 e. The van der Waals surface area contributed by atoms with E-state index >= 15 is 0 Å². The van der Waals surface area contributed by atoms with Crippen molar-refractivity contribution in [3.63, 3.8) is 0 Å². The van der Waals surface area contributed by atoms with Crippen LogP contribution in [0, 0.1) is 0 Å². The summed E-state index contributed by atoms with van der Waals surface area (Å²) in [4.78, 5) is 0. The Hall–Kier alpha value is -1.60. The van der Waals surface area contributed by atoms with Crippen LogP contribution in [0.1, 0.15) is 31.0 Å². The van der Waals surface area contributed by atoms with Gasteiger partial charge in [-0.15, -0.1) is 0 Å². The Bertz CT molecular complexity index is 393. The molecule has 1 N–H and O–H groups in total. The first-order valence-corrected chi connectivity index (χ1v) is 5.52. The maximum atomic E-state index is 7.00. The van der Waals surface area contributed by atoms with Crippen LogP contribution in [-0.2, 0) is 12.8 Å². The molecule has 0 atom stereocenters. The van der Waals surface area contributed by atoms with E-state index in [4.69, 9.17) is 6.48 Å². The zero-order chi connectivity index (χ0) is 13.4. The Morgan fingerprint density at radius 3 is 1.24 bits per heavy atom. The lowest BCUT2D eigenvalue weighted by Crippen LogP contribution is -2.06. The van der Waals surface area contributed by atoms with E-state index in [2.05, 4.69) is 48.5 Å². The van der Waals surface area contributed by atoms with Crippen molar-refractivity contribution in [1.29, 1.82) is 0 Å². The second-order valence-corrected chi connectivity index (χ2v) is 3.89. The van der Waals surface area contributed by atoms with Gasteiger partial charge in [-0.25, -0.2) is 0 Å². The van der Waals surface area contributed by atoms with Crippen molar-refractivity contribution in [2.45, 2.75) is 20.2 Å². The van der Waals surface area contributed by atoms with Gasteiger partial charge in [0.15, 0.2) is 0 Å². The summed E-state index contributed by atoms with van der Waals surface area (Å²) in [6.07, 6.45) is 2.21. The van der Waals surface area contributed by atoms with Crippen molar-refractivity contribution < 1.29 is 6.48 Å². The third kappa shape index (κ3) is 2.75. The molecule has 17 heavy (non-hydrogen) atoms. The lowest BCUT2D eigenvalue weighted by Gasteiger charge is -2.18. The third-order valence-corrected chi connectivity index (χ3v) is 3.00. The highest BCUT2D eigenvalue weighted by Gasteiger charge is 2.12. The minimum Gasteiger partial charge on any atom is -0.400 e. The molecular formula is C16H20O. The molecule has 1 aliphatic rings. The summed E-state index contributed by atoms with van der Waals surface area (Å²) in [7, 11) is 2.25. The van der Waals surface area contributed by atoms with Crippen molar-refractivity contribution in [3.8, 4) is 0 Å². The zero-order valence-electron chi connectivity index (χ0n) is 11.5. The molecule has 0 bridgehead atoms. The average Bonchev–Trinajstić information content (AvgIpc) is 2.49. The van der Waals surface area contributed by atoms with Gasteiger partial charge in [0.25, 0.3) is 0 Å². The van der Waals surface area contributed by atoms with Gasteiger partial charge in [0.05, 0.1) is 0 Å². The molecule has 0 fully saturated rings. The van der Waals surface area contributed by atoms with E-state index in [9.17, 15) is 0 Å². The Morgan fingerprint density at radius 1 is 0.765 bits per heavy atom. The maximum Gasteiger partial charge on any atom is 0.0319 e. The fraction of sp³-hybridized carbons (Fsp3) is 0.250. The zero-order valence-corrected chi connectivity index (χ0v) is 10.5. The van der Waals surface area contributed by atoms with E-state index < -0.39 is 0 Å². The summed E-state index contributed by atoms with van der Waals surface area (Å²) >= 11 is 0. The van der Waals surface area contributed by atoms with Gasteiger partial charge in [0.2, 0.25) is 0 Å². The van der Waals surface area contributed by atoms with Crippen molar-refractivity contribution in [3.05, 3.63) is 70.8 Å². The molecular weight excluding hydrogens is 208 g/mol. The quantitative estimate of drug-likeness (QED) is 0.626. The molecule has 0 saturated heterocycles. The Kier molecular flexibility index (Phi) is 4.34. The molecule has 1 heteroatoms. The Morgan fingerprint density at radius 2 is 1.00 bits per heavy atom. The van der Waals surface area contributed by atoms with E-state index in [1.54, 1.807) is 0 Å². The first-order valence-electron chi connectivity index (χ1n) is 6.52. The summed E-state index contributed by atoms with van der Waals surface area (Å²) in [5, 5.41) is 7.00. The number of rotatable bonds is 0. The van der Waals surface area contributed by atoms with Gasteiger partial charge in [0.1, 0.15) is 0 Å². The molecule has 2 aromatic rings. The number of aliphatic hydroxyl groups excluding tert-OH is 1. The second kappa shape index (κ2) is 6.21. The molecule has 90 valence electrons. The first kappa shape index (κ1) is 11.9. The van der Waals surface area contributed by atoms with E-state index in [0.29, 0.717) is 0 Å². The first-order chi connectivity index (χ1) is 8.93. The molecule has 0 saturated carbocycles. The molecule has 0 heterocycles. The van der Waals surface area contributed by atoms with Gasteiger partial charge in [-0.05, 0) is 35.1 Å². The van der Waals surface area contributed by atoms with Crippen LogP contribution in [-0.4, -0.2) is 12.2 Å². The minimum absolute atomic E-state index is 1.00. The Labute approximate surface area is 105 Å². The average molecular weight is 229 g/mol. The van der Waals surface area contributed by atoms with Crippen LogP contribution in [0.25, 0.3) is 0 Å². The van der Waals surface area contributed by atoms with Crippen LogP contribution in [0.5, 0.6) is 0 Å². The van der Waals surface area contributed by atoms with Gasteiger partial charge >= 0.3 is 0 Å². The van der Waals surface area contributed by atoms with Crippen molar-refractivity contribution in [1.82, 2.24) is 0 Å². The summed E-state index contributed by atoms with van der Waals surface area (Å²) in [6.45, 7) is 0. The van der Waals surface area contributed by atoms with Gasteiger partial charge in [-0.1, -0.05) is 55.9 Å². The number of benzene rings is 2. The molecule has 0 amide bonds. The van der Waals surface area contributed by atoms with Gasteiger partial charge in [-0.2, -0.15) is 0 Å². The number of hydrogen-bond acceptors (Lipinski definition) is 1. The molecule has 3 rings (SSSR count). The van der Waals surface area contributed by atoms with Crippen molar-refractivity contribution >= 4 is 0 Å². The van der Waals surface area contributed by atoms with Crippen LogP contribution in [0.2, 0.25) is 0 Å². The van der Waals surface area contributed by atoms with Crippen LogP contribution in [0.4, 0.5) is 0 Å². The standard InChI is InChI=1S/C14H12.CH4O.CH4/c1-2-6-12-10-14-8-4-3-7-13(14)9-11(12)5-1;1-2;/h1-8H,9-10H2;2H,1H3;1H4/i;;1D. The molecule has 0 aromatic heterocycles. The summed E-state index contributed by atoms with van der Waals surface area (Å²) in [5.74, 6) is 0. The fourth-order valence-corrected chi connectivity index (χ4v) is 2.22. The largest absolute Gasteiger partial charge is 0.400 e. The third-order valence-electron chi connectivity index (χ3n) is 3.00. The van der Waals surface area contributed by atoms with Crippen LogP contribution in [0.3, 0.4) is 0 Å². The monoisotopic (exact) mass is 229 g/mol. The summed E-state index contributed by atoms with van der Waals surface area (Å²) < 4.78 is 5.75. The highest BCUT2D eigenvalue weighted by atomic mass is 16.2. The predicted octanol–water partition coefficient (Wildman–Crippen LogP) is 3.43. The predicted molar refractivity (Wildman–Crippen MR) is 73.4 cm³/mol. The van der Waals surface area contributed by atoms with Crippen LogP contribution < -0.4 is 0 Å². The number of fused-ring (bicyclic) bond motifs is 2. The molecule has 0 spiro atoms. The van der Waals surface area contributed by atoms with E-state index in [0.717, 1.165) is 20.0 Å². The number of hydrogen-bond donors (Lipinski definition) is 1. The van der Waals surface area contributed by atoms with Crippen molar-refractivity contribution in [2.24, 2.45) is 0 Å². The molecule has 1 aliphatic carbocycles. The molecule has 2 aromatic carbocycles. The van der Waals surface area contributed by atoms with Gasteiger partial charge in [-0.3, -0.25) is 0 Å². The Balaban J connectivity index is 0.000000371.